The minimum atomic E-state index is 0.130. The molecule has 0 unspecified atom stereocenters. The van der Waals surface area contributed by atoms with Crippen LogP contribution in [0.2, 0.25) is 0 Å². The quantitative estimate of drug-likeness (QED) is 0.844. The summed E-state index contributed by atoms with van der Waals surface area (Å²) in [5.74, 6) is 0.593. The van der Waals surface area contributed by atoms with Gasteiger partial charge in [-0.05, 0) is 23.6 Å². The van der Waals surface area contributed by atoms with E-state index in [4.69, 9.17) is 4.74 Å². The Kier molecular flexibility index (Phi) is 3.77. The Bertz CT molecular complexity index is 506. The number of methoxy groups -OCH3 is 1. The van der Waals surface area contributed by atoms with Crippen molar-refractivity contribution in [3.8, 4) is 11.5 Å². The first kappa shape index (κ1) is 11.7. The molecule has 1 heterocycles. The molecule has 0 atom stereocenters. The maximum Gasteiger partial charge on any atom is 0.166 e. The van der Waals surface area contributed by atoms with E-state index in [1.165, 1.54) is 12.0 Å². The summed E-state index contributed by atoms with van der Waals surface area (Å²) < 4.78 is 5.03. The monoisotopic (exact) mass is 247 g/mol. The van der Waals surface area contributed by atoms with E-state index in [0.717, 1.165) is 0 Å². The molecule has 0 spiro atoms. The van der Waals surface area contributed by atoms with Crippen LogP contribution in [0.1, 0.15) is 10.4 Å². The first-order valence-electron chi connectivity index (χ1n) is 5.19. The van der Waals surface area contributed by atoms with Gasteiger partial charge in [0.15, 0.2) is 11.5 Å². The van der Waals surface area contributed by atoms with Gasteiger partial charge < -0.3 is 9.84 Å². The highest BCUT2D eigenvalue weighted by Gasteiger charge is 2.04. The Morgan fingerprint density at radius 1 is 1.35 bits per heavy atom. The summed E-state index contributed by atoms with van der Waals surface area (Å²) in [4.78, 5) is 5.49. The van der Waals surface area contributed by atoms with E-state index < -0.39 is 0 Å². The van der Waals surface area contributed by atoms with Crippen molar-refractivity contribution in [3.05, 3.63) is 46.2 Å². The number of aliphatic imine (C=N–C) groups is 1. The number of ether oxygens (including phenoxy) is 1. The number of nitrogens with zero attached hydrogens (tertiary/aromatic N) is 1. The summed E-state index contributed by atoms with van der Waals surface area (Å²) >= 11 is 1.67. The van der Waals surface area contributed by atoms with Gasteiger partial charge in [-0.1, -0.05) is 12.1 Å². The van der Waals surface area contributed by atoms with E-state index >= 15 is 0 Å². The molecule has 2 aromatic rings. The number of benzene rings is 1. The average Bonchev–Trinajstić information content (AvgIpc) is 2.84. The second-order valence-corrected chi connectivity index (χ2v) is 4.48. The molecule has 0 amide bonds. The summed E-state index contributed by atoms with van der Waals surface area (Å²) in [7, 11) is 1.53. The van der Waals surface area contributed by atoms with Gasteiger partial charge in [0, 0.05) is 16.7 Å². The van der Waals surface area contributed by atoms with Crippen LogP contribution in [-0.4, -0.2) is 18.4 Å². The molecule has 2 rings (SSSR count). The summed E-state index contributed by atoms with van der Waals surface area (Å²) in [6.45, 7) is 0.633. The minimum Gasteiger partial charge on any atom is -0.504 e. The highest BCUT2D eigenvalue weighted by molar-refractivity contribution is 7.09. The Labute approximate surface area is 104 Å². The van der Waals surface area contributed by atoms with Crippen LogP contribution in [0.15, 0.2) is 40.7 Å². The molecule has 88 valence electrons. The molecule has 0 radical (unpaired) electrons. The summed E-state index contributed by atoms with van der Waals surface area (Å²) in [6.07, 6.45) is 1.66. The van der Waals surface area contributed by atoms with Crippen LogP contribution in [0.25, 0.3) is 0 Å². The second kappa shape index (κ2) is 5.50. The summed E-state index contributed by atoms with van der Waals surface area (Å²) in [5.41, 5.74) is 0.668. The number of phenols is 1. The third kappa shape index (κ3) is 2.85. The molecule has 0 aliphatic carbocycles. The summed E-state index contributed by atoms with van der Waals surface area (Å²) in [5, 5.41) is 11.9. The number of rotatable bonds is 4. The van der Waals surface area contributed by atoms with Crippen LogP contribution in [0.4, 0.5) is 0 Å². The molecular weight excluding hydrogens is 234 g/mol. The molecule has 0 aliphatic heterocycles. The highest BCUT2D eigenvalue weighted by atomic mass is 32.1. The lowest BCUT2D eigenvalue weighted by molar-refractivity contribution is 0.373. The number of hydrogen-bond acceptors (Lipinski definition) is 4. The maximum atomic E-state index is 9.83. The lowest BCUT2D eigenvalue weighted by Crippen LogP contribution is -1.88. The zero-order valence-corrected chi connectivity index (χ0v) is 10.3. The van der Waals surface area contributed by atoms with Crippen molar-refractivity contribution in [1.29, 1.82) is 0 Å². The van der Waals surface area contributed by atoms with Crippen molar-refractivity contribution in [3.63, 3.8) is 0 Å². The Morgan fingerprint density at radius 2 is 2.24 bits per heavy atom. The van der Waals surface area contributed by atoms with E-state index in [-0.39, 0.29) is 5.75 Å². The first-order valence-corrected chi connectivity index (χ1v) is 6.07. The van der Waals surface area contributed by atoms with E-state index in [9.17, 15) is 5.11 Å². The predicted molar refractivity (Wildman–Crippen MR) is 70.3 cm³/mol. The predicted octanol–water partition coefficient (Wildman–Crippen LogP) is 3.08. The molecular formula is C13H13NO2S. The SMILES string of the molecule is COc1cccc(C=NCc2cccs2)c1O. The zero-order valence-electron chi connectivity index (χ0n) is 9.46. The van der Waals surface area contributed by atoms with Crippen LogP contribution in [-0.2, 0) is 6.54 Å². The number of aromatic hydroxyl groups is 1. The van der Waals surface area contributed by atoms with Gasteiger partial charge in [0.05, 0.1) is 13.7 Å². The van der Waals surface area contributed by atoms with Crippen LogP contribution in [0.5, 0.6) is 11.5 Å². The molecule has 0 aliphatic rings. The molecule has 0 saturated heterocycles. The van der Waals surface area contributed by atoms with Gasteiger partial charge in [-0.3, -0.25) is 4.99 Å². The molecule has 0 bridgehead atoms. The molecule has 17 heavy (non-hydrogen) atoms. The molecule has 0 fully saturated rings. The van der Waals surface area contributed by atoms with Crippen molar-refractivity contribution in [2.45, 2.75) is 6.54 Å². The Hall–Kier alpha value is -1.81. The smallest absolute Gasteiger partial charge is 0.166 e. The lowest BCUT2D eigenvalue weighted by Gasteiger charge is -2.04. The fraction of sp³-hybridized carbons (Fsp3) is 0.154. The van der Waals surface area contributed by atoms with E-state index in [1.54, 1.807) is 29.7 Å². The first-order chi connectivity index (χ1) is 8.31. The van der Waals surface area contributed by atoms with Crippen molar-refractivity contribution in [2.75, 3.05) is 7.11 Å². The van der Waals surface area contributed by atoms with Crippen molar-refractivity contribution >= 4 is 17.6 Å². The minimum absolute atomic E-state index is 0.130. The molecule has 3 nitrogen and oxygen atoms in total. The van der Waals surface area contributed by atoms with Crippen LogP contribution >= 0.6 is 11.3 Å². The normalized spacial score (nSPS) is 10.9. The average molecular weight is 247 g/mol. The van der Waals surface area contributed by atoms with Gasteiger partial charge in [0.25, 0.3) is 0 Å². The fourth-order valence-corrected chi connectivity index (χ4v) is 2.08. The molecule has 1 N–H and O–H groups in total. The number of thiophene rings is 1. The van der Waals surface area contributed by atoms with Gasteiger partial charge in [-0.2, -0.15) is 0 Å². The van der Waals surface area contributed by atoms with E-state index in [2.05, 4.69) is 4.99 Å². The molecule has 0 saturated carbocycles. The number of phenolic OH excluding ortho intramolecular Hbond substituents is 1. The van der Waals surface area contributed by atoms with E-state index in [1.807, 2.05) is 23.6 Å². The van der Waals surface area contributed by atoms with Gasteiger partial charge in [0.1, 0.15) is 0 Å². The number of para-hydroxylation sites is 1. The number of hydrogen-bond donors (Lipinski definition) is 1. The molecule has 4 heteroatoms. The van der Waals surface area contributed by atoms with Gasteiger partial charge in [0.2, 0.25) is 0 Å². The lowest BCUT2D eigenvalue weighted by atomic mass is 10.2. The third-order valence-electron chi connectivity index (χ3n) is 2.31. The fourth-order valence-electron chi connectivity index (χ4n) is 1.44. The Morgan fingerprint density at radius 3 is 2.94 bits per heavy atom. The topological polar surface area (TPSA) is 41.8 Å². The molecule has 1 aromatic carbocycles. The van der Waals surface area contributed by atoms with Crippen LogP contribution in [0.3, 0.4) is 0 Å². The maximum absolute atomic E-state index is 9.83. The van der Waals surface area contributed by atoms with Crippen LogP contribution in [0, 0.1) is 0 Å². The second-order valence-electron chi connectivity index (χ2n) is 3.45. The van der Waals surface area contributed by atoms with E-state index in [0.29, 0.717) is 17.9 Å². The van der Waals surface area contributed by atoms with Gasteiger partial charge >= 0.3 is 0 Å². The van der Waals surface area contributed by atoms with Gasteiger partial charge in [-0.15, -0.1) is 11.3 Å². The largest absolute Gasteiger partial charge is 0.504 e. The summed E-state index contributed by atoms with van der Waals surface area (Å²) in [6, 6.07) is 9.37. The zero-order chi connectivity index (χ0) is 12.1. The van der Waals surface area contributed by atoms with Gasteiger partial charge in [-0.25, -0.2) is 0 Å². The standard InChI is InChI=1S/C13H13NO2S/c1-16-12-6-2-4-10(13(12)15)8-14-9-11-5-3-7-17-11/h2-8,15H,9H2,1H3. The molecule has 1 aromatic heterocycles. The third-order valence-corrected chi connectivity index (χ3v) is 3.17. The van der Waals surface area contributed by atoms with Crippen molar-refractivity contribution < 1.29 is 9.84 Å². The Balaban J connectivity index is 2.10. The van der Waals surface area contributed by atoms with Crippen molar-refractivity contribution in [2.24, 2.45) is 4.99 Å². The van der Waals surface area contributed by atoms with Crippen molar-refractivity contribution in [1.82, 2.24) is 0 Å². The highest BCUT2D eigenvalue weighted by Crippen LogP contribution is 2.28. The van der Waals surface area contributed by atoms with Crippen LogP contribution < -0.4 is 4.74 Å².